The molecule has 0 aliphatic carbocycles. The summed E-state index contributed by atoms with van der Waals surface area (Å²) < 4.78 is 7.87. The molecule has 28 heavy (non-hydrogen) atoms. The largest absolute Gasteiger partial charge is 0.435 e. The molecule has 0 radical (unpaired) electrons. The van der Waals surface area contributed by atoms with Crippen LogP contribution in [0.4, 0.5) is 0 Å². The Hall–Kier alpha value is -2.89. The Labute approximate surface area is 165 Å². The summed E-state index contributed by atoms with van der Waals surface area (Å²) in [5.41, 5.74) is 1.95. The molecule has 4 rings (SSSR count). The molecular formula is C22H26N4O2. The Morgan fingerprint density at radius 1 is 1.21 bits per heavy atom. The summed E-state index contributed by atoms with van der Waals surface area (Å²) in [4.78, 5) is 23.7. The van der Waals surface area contributed by atoms with Gasteiger partial charge in [-0.05, 0) is 25.3 Å². The number of amides is 1. The highest BCUT2D eigenvalue weighted by molar-refractivity contribution is 5.92. The van der Waals surface area contributed by atoms with Crippen molar-refractivity contribution >= 4 is 5.91 Å². The number of piperidine rings is 1. The van der Waals surface area contributed by atoms with Gasteiger partial charge in [-0.15, -0.1) is 0 Å². The third kappa shape index (κ3) is 3.72. The Bertz CT molecular complexity index is 937. The molecule has 1 aliphatic heterocycles. The van der Waals surface area contributed by atoms with E-state index in [2.05, 4.69) is 38.8 Å². The number of imidazole rings is 1. The average molecular weight is 378 g/mol. The number of rotatable bonds is 5. The first-order chi connectivity index (χ1) is 13.7. The zero-order valence-corrected chi connectivity index (χ0v) is 16.5. The highest BCUT2D eigenvalue weighted by atomic mass is 16.4. The van der Waals surface area contributed by atoms with Gasteiger partial charge in [0.1, 0.15) is 5.82 Å². The number of aromatic nitrogens is 3. The molecule has 146 valence electrons. The van der Waals surface area contributed by atoms with E-state index >= 15 is 0 Å². The molecule has 0 saturated carbocycles. The number of nitrogens with zero attached hydrogens (tertiary/aromatic N) is 4. The van der Waals surface area contributed by atoms with Crippen LogP contribution in [-0.2, 0) is 13.0 Å². The van der Waals surface area contributed by atoms with Gasteiger partial charge < -0.3 is 13.9 Å². The predicted octanol–water partition coefficient (Wildman–Crippen LogP) is 3.81. The SMILES string of the molecule is CCc1nc(C)c(C(=O)N2CCC(c3nccn3Cc3ccccc3)CC2)o1. The molecule has 1 fully saturated rings. The van der Waals surface area contributed by atoms with E-state index in [0.29, 0.717) is 42.8 Å². The molecule has 0 N–H and O–H groups in total. The van der Waals surface area contributed by atoms with Gasteiger partial charge in [0.05, 0.1) is 5.69 Å². The number of benzene rings is 1. The quantitative estimate of drug-likeness (QED) is 0.677. The van der Waals surface area contributed by atoms with Crippen molar-refractivity contribution in [2.24, 2.45) is 0 Å². The van der Waals surface area contributed by atoms with Crippen molar-refractivity contribution in [2.75, 3.05) is 13.1 Å². The number of carbonyl (C=O) groups excluding carboxylic acids is 1. The fraction of sp³-hybridized carbons (Fsp3) is 0.409. The van der Waals surface area contributed by atoms with Crippen LogP contribution in [0.2, 0.25) is 0 Å². The third-order valence-corrected chi connectivity index (χ3v) is 5.43. The molecule has 0 spiro atoms. The summed E-state index contributed by atoms with van der Waals surface area (Å²) in [6.07, 6.45) is 6.43. The summed E-state index contributed by atoms with van der Waals surface area (Å²) in [7, 11) is 0. The lowest BCUT2D eigenvalue weighted by Gasteiger charge is -2.31. The van der Waals surface area contributed by atoms with Crippen LogP contribution in [0.3, 0.4) is 0 Å². The van der Waals surface area contributed by atoms with Crippen molar-refractivity contribution in [3.05, 3.63) is 71.5 Å². The number of likely N-dealkylation sites (tertiary alicyclic amines) is 1. The lowest BCUT2D eigenvalue weighted by atomic mass is 9.95. The van der Waals surface area contributed by atoms with E-state index in [-0.39, 0.29) is 5.91 Å². The summed E-state index contributed by atoms with van der Waals surface area (Å²) >= 11 is 0. The number of oxazole rings is 1. The maximum absolute atomic E-state index is 12.8. The summed E-state index contributed by atoms with van der Waals surface area (Å²) in [6.45, 7) is 6.06. The number of carbonyl (C=O) groups is 1. The average Bonchev–Trinajstić information content (AvgIpc) is 3.34. The first kappa shape index (κ1) is 18.5. The minimum Gasteiger partial charge on any atom is -0.435 e. The minimum absolute atomic E-state index is 0.0456. The molecule has 0 atom stereocenters. The Balaban J connectivity index is 1.41. The van der Waals surface area contributed by atoms with Crippen molar-refractivity contribution in [2.45, 2.75) is 45.6 Å². The summed E-state index contributed by atoms with van der Waals surface area (Å²) in [5.74, 6) is 2.44. The van der Waals surface area contributed by atoms with Gasteiger partial charge in [-0.1, -0.05) is 37.3 Å². The zero-order chi connectivity index (χ0) is 19.5. The Kier molecular flexibility index (Phi) is 5.28. The highest BCUT2D eigenvalue weighted by Crippen LogP contribution is 2.28. The molecular weight excluding hydrogens is 352 g/mol. The molecule has 0 unspecified atom stereocenters. The van der Waals surface area contributed by atoms with E-state index in [0.717, 1.165) is 25.2 Å². The second-order valence-corrected chi connectivity index (χ2v) is 7.34. The molecule has 2 aromatic heterocycles. The fourth-order valence-electron chi connectivity index (χ4n) is 3.88. The monoisotopic (exact) mass is 378 g/mol. The van der Waals surface area contributed by atoms with Crippen molar-refractivity contribution in [1.29, 1.82) is 0 Å². The van der Waals surface area contributed by atoms with Gasteiger partial charge in [-0.2, -0.15) is 0 Å². The number of hydrogen-bond donors (Lipinski definition) is 0. The van der Waals surface area contributed by atoms with Crippen molar-refractivity contribution in [3.8, 4) is 0 Å². The molecule has 1 aromatic carbocycles. The molecule has 3 heterocycles. The smallest absolute Gasteiger partial charge is 0.291 e. The van der Waals surface area contributed by atoms with Gasteiger partial charge in [-0.25, -0.2) is 9.97 Å². The topological polar surface area (TPSA) is 64.2 Å². The van der Waals surface area contributed by atoms with Gasteiger partial charge in [0.15, 0.2) is 5.89 Å². The molecule has 0 bridgehead atoms. The normalized spacial score (nSPS) is 15.1. The lowest BCUT2D eigenvalue weighted by Crippen LogP contribution is -2.38. The number of hydrogen-bond acceptors (Lipinski definition) is 4. The molecule has 1 saturated heterocycles. The van der Waals surface area contributed by atoms with Crippen LogP contribution in [0.5, 0.6) is 0 Å². The summed E-state index contributed by atoms with van der Waals surface area (Å²) in [6, 6.07) is 10.4. The highest BCUT2D eigenvalue weighted by Gasteiger charge is 2.29. The maximum Gasteiger partial charge on any atom is 0.291 e. The lowest BCUT2D eigenvalue weighted by molar-refractivity contribution is 0.0675. The first-order valence-electron chi connectivity index (χ1n) is 9.96. The van der Waals surface area contributed by atoms with Gasteiger partial charge in [0.2, 0.25) is 5.76 Å². The molecule has 1 aliphatic rings. The van der Waals surface area contributed by atoms with E-state index < -0.39 is 0 Å². The molecule has 3 aromatic rings. The molecule has 6 nitrogen and oxygen atoms in total. The number of aryl methyl sites for hydroxylation is 2. The predicted molar refractivity (Wildman–Crippen MR) is 106 cm³/mol. The van der Waals surface area contributed by atoms with Crippen LogP contribution >= 0.6 is 0 Å². The van der Waals surface area contributed by atoms with E-state index in [1.807, 2.05) is 37.2 Å². The summed E-state index contributed by atoms with van der Waals surface area (Å²) in [5, 5.41) is 0. The Morgan fingerprint density at radius 3 is 2.64 bits per heavy atom. The second kappa shape index (κ2) is 8.00. The van der Waals surface area contributed by atoms with Crippen LogP contribution in [0.1, 0.15) is 59.2 Å². The van der Waals surface area contributed by atoms with Crippen molar-refractivity contribution in [1.82, 2.24) is 19.4 Å². The van der Waals surface area contributed by atoms with Crippen LogP contribution in [0.25, 0.3) is 0 Å². The second-order valence-electron chi connectivity index (χ2n) is 7.34. The van der Waals surface area contributed by atoms with Crippen LogP contribution in [-0.4, -0.2) is 38.4 Å². The van der Waals surface area contributed by atoms with Gasteiger partial charge >= 0.3 is 0 Å². The van der Waals surface area contributed by atoms with E-state index in [1.54, 1.807) is 0 Å². The molecule has 1 amide bonds. The standard InChI is InChI=1S/C22H26N4O2/c1-3-19-24-16(2)20(28-19)22(27)25-12-9-18(10-13-25)21-23-11-14-26(21)15-17-7-5-4-6-8-17/h4-8,11,14,18H,3,9-10,12-13,15H2,1-2H3. The van der Waals surface area contributed by atoms with E-state index in [9.17, 15) is 4.79 Å². The minimum atomic E-state index is -0.0456. The zero-order valence-electron chi connectivity index (χ0n) is 16.5. The van der Waals surface area contributed by atoms with Gasteiger partial charge in [0, 0.05) is 44.4 Å². The van der Waals surface area contributed by atoms with Gasteiger partial charge in [0.25, 0.3) is 5.91 Å². The van der Waals surface area contributed by atoms with Crippen LogP contribution < -0.4 is 0 Å². The van der Waals surface area contributed by atoms with E-state index in [1.165, 1.54) is 5.56 Å². The van der Waals surface area contributed by atoms with Gasteiger partial charge in [-0.3, -0.25) is 4.79 Å². The third-order valence-electron chi connectivity index (χ3n) is 5.43. The first-order valence-corrected chi connectivity index (χ1v) is 9.96. The van der Waals surface area contributed by atoms with Crippen LogP contribution in [0, 0.1) is 6.92 Å². The van der Waals surface area contributed by atoms with Crippen LogP contribution in [0.15, 0.2) is 47.1 Å². The molecule has 6 heteroatoms. The fourth-order valence-corrected chi connectivity index (χ4v) is 3.88. The maximum atomic E-state index is 12.8. The Morgan fingerprint density at radius 2 is 1.96 bits per heavy atom. The van der Waals surface area contributed by atoms with E-state index in [4.69, 9.17) is 4.42 Å². The van der Waals surface area contributed by atoms with Crippen molar-refractivity contribution < 1.29 is 9.21 Å². The van der Waals surface area contributed by atoms with Crippen molar-refractivity contribution in [3.63, 3.8) is 0 Å².